The highest BCUT2D eigenvalue weighted by atomic mass is 19.1. The SMILES string of the molecule is Cc1ccc(C(=O)O)cc1NC(C)c1ccc(F)cn1. The third-order valence-corrected chi connectivity index (χ3v) is 3.05. The molecule has 1 aromatic heterocycles. The average Bonchev–Trinajstić information content (AvgIpc) is 2.41. The smallest absolute Gasteiger partial charge is 0.335 e. The number of aromatic nitrogens is 1. The Balaban J connectivity index is 2.22. The molecule has 0 aliphatic rings. The molecule has 0 fully saturated rings. The van der Waals surface area contributed by atoms with E-state index in [1.54, 1.807) is 24.3 Å². The van der Waals surface area contributed by atoms with Gasteiger partial charge in [0, 0.05) is 5.69 Å². The zero-order valence-electron chi connectivity index (χ0n) is 11.2. The molecule has 1 unspecified atom stereocenters. The molecule has 0 aliphatic carbocycles. The molecule has 0 spiro atoms. The van der Waals surface area contributed by atoms with Crippen LogP contribution in [0.2, 0.25) is 0 Å². The molecule has 1 heterocycles. The molecular formula is C15H15FN2O2. The highest BCUT2D eigenvalue weighted by Crippen LogP contribution is 2.22. The van der Waals surface area contributed by atoms with Crippen LogP contribution in [0.1, 0.15) is 34.6 Å². The third-order valence-electron chi connectivity index (χ3n) is 3.05. The lowest BCUT2D eigenvalue weighted by Crippen LogP contribution is -2.10. The molecule has 0 saturated heterocycles. The van der Waals surface area contributed by atoms with E-state index in [0.717, 1.165) is 17.4 Å². The first-order valence-electron chi connectivity index (χ1n) is 6.19. The van der Waals surface area contributed by atoms with E-state index in [1.807, 2.05) is 13.8 Å². The van der Waals surface area contributed by atoms with Gasteiger partial charge in [-0.2, -0.15) is 0 Å². The Morgan fingerprint density at radius 3 is 2.70 bits per heavy atom. The number of nitrogens with one attached hydrogen (secondary N) is 1. The van der Waals surface area contributed by atoms with Gasteiger partial charge >= 0.3 is 5.97 Å². The summed E-state index contributed by atoms with van der Waals surface area (Å²) < 4.78 is 12.8. The summed E-state index contributed by atoms with van der Waals surface area (Å²) >= 11 is 0. The Hall–Kier alpha value is -2.43. The second-order valence-electron chi connectivity index (χ2n) is 4.60. The molecule has 0 saturated carbocycles. The summed E-state index contributed by atoms with van der Waals surface area (Å²) in [7, 11) is 0. The molecule has 0 bridgehead atoms. The first-order chi connectivity index (χ1) is 9.47. The summed E-state index contributed by atoms with van der Waals surface area (Å²) in [5, 5.41) is 12.2. The fourth-order valence-corrected chi connectivity index (χ4v) is 1.86. The summed E-state index contributed by atoms with van der Waals surface area (Å²) in [4.78, 5) is 15.0. The summed E-state index contributed by atoms with van der Waals surface area (Å²) in [6.07, 6.45) is 1.16. The number of aromatic carboxylic acids is 1. The van der Waals surface area contributed by atoms with Crippen molar-refractivity contribution in [2.24, 2.45) is 0 Å². The van der Waals surface area contributed by atoms with Gasteiger partial charge in [-0.15, -0.1) is 0 Å². The number of pyridine rings is 1. The number of hydrogen-bond donors (Lipinski definition) is 2. The molecule has 20 heavy (non-hydrogen) atoms. The van der Waals surface area contributed by atoms with Crippen LogP contribution < -0.4 is 5.32 Å². The van der Waals surface area contributed by atoms with E-state index in [2.05, 4.69) is 10.3 Å². The highest BCUT2D eigenvalue weighted by molar-refractivity contribution is 5.89. The number of aryl methyl sites for hydroxylation is 1. The monoisotopic (exact) mass is 274 g/mol. The predicted octanol–water partition coefficient (Wildman–Crippen LogP) is 3.40. The number of carboxylic acids is 1. The van der Waals surface area contributed by atoms with Crippen LogP contribution in [0.3, 0.4) is 0 Å². The van der Waals surface area contributed by atoms with Crippen LogP contribution in [-0.4, -0.2) is 16.1 Å². The van der Waals surface area contributed by atoms with Crippen molar-refractivity contribution in [3.8, 4) is 0 Å². The standard InChI is InChI=1S/C15H15FN2O2/c1-9-3-4-11(15(19)20)7-14(9)18-10(2)13-6-5-12(16)8-17-13/h3-8,10,18H,1-2H3,(H,19,20). The van der Waals surface area contributed by atoms with Gasteiger partial charge in [-0.25, -0.2) is 9.18 Å². The Morgan fingerprint density at radius 1 is 1.35 bits per heavy atom. The van der Waals surface area contributed by atoms with Crippen LogP contribution in [0, 0.1) is 12.7 Å². The number of nitrogens with zero attached hydrogens (tertiary/aromatic N) is 1. The van der Waals surface area contributed by atoms with Gasteiger partial charge in [0.2, 0.25) is 0 Å². The van der Waals surface area contributed by atoms with Crippen molar-refractivity contribution in [1.82, 2.24) is 4.98 Å². The minimum atomic E-state index is -0.972. The van der Waals surface area contributed by atoms with E-state index in [1.165, 1.54) is 6.07 Å². The van der Waals surface area contributed by atoms with Gasteiger partial charge in [-0.3, -0.25) is 4.98 Å². The van der Waals surface area contributed by atoms with Crippen LogP contribution in [0.5, 0.6) is 0 Å². The molecule has 0 aliphatic heterocycles. The van der Waals surface area contributed by atoms with Crippen molar-refractivity contribution >= 4 is 11.7 Å². The zero-order valence-corrected chi connectivity index (χ0v) is 11.2. The molecule has 2 N–H and O–H groups in total. The quantitative estimate of drug-likeness (QED) is 0.897. The molecule has 5 heteroatoms. The number of anilines is 1. The molecular weight excluding hydrogens is 259 g/mol. The lowest BCUT2D eigenvalue weighted by atomic mass is 10.1. The van der Waals surface area contributed by atoms with Crippen LogP contribution in [0.15, 0.2) is 36.5 Å². The summed E-state index contributed by atoms with van der Waals surface area (Å²) in [6.45, 7) is 3.77. The van der Waals surface area contributed by atoms with E-state index in [9.17, 15) is 9.18 Å². The van der Waals surface area contributed by atoms with Crippen molar-refractivity contribution in [2.45, 2.75) is 19.9 Å². The minimum absolute atomic E-state index is 0.154. The topological polar surface area (TPSA) is 62.2 Å². The Morgan fingerprint density at radius 2 is 2.10 bits per heavy atom. The molecule has 1 atom stereocenters. The lowest BCUT2D eigenvalue weighted by molar-refractivity contribution is 0.0697. The van der Waals surface area contributed by atoms with Crippen LogP contribution >= 0.6 is 0 Å². The normalized spacial score (nSPS) is 11.9. The number of carbonyl (C=O) groups is 1. The van der Waals surface area contributed by atoms with Crippen molar-refractivity contribution in [3.63, 3.8) is 0 Å². The maximum absolute atomic E-state index is 12.8. The number of hydrogen-bond acceptors (Lipinski definition) is 3. The van der Waals surface area contributed by atoms with Crippen molar-refractivity contribution in [1.29, 1.82) is 0 Å². The Bertz CT molecular complexity index is 626. The first-order valence-corrected chi connectivity index (χ1v) is 6.19. The largest absolute Gasteiger partial charge is 0.478 e. The second-order valence-corrected chi connectivity index (χ2v) is 4.60. The van der Waals surface area contributed by atoms with E-state index in [0.29, 0.717) is 5.69 Å². The Labute approximate surface area is 116 Å². The molecule has 1 aromatic carbocycles. The fraction of sp³-hybridized carbons (Fsp3) is 0.200. The zero-order chi connectivity index (χ0) is 14.7. The van der Waals surface area contributed by atoms with Crippen LogP contribution in [0.25, 0.3) is 0 Å². The van der Waals surface area contributed by atoms with Gasteiger partial charge in [0.1, 0.15) is 5.82 Å². The van der Waals surface area contributed by atoms with Gasteiger partial charge in [0.15, 0.2) is 0 Å². The van der Waals surface area contributed by atoms with E-state index >= 15 is 0 Å². The van der Waals surface area contributed by atoms with Crippen molar-refractivity contribution in [3.05, 3.63) is 59.2 Å². The molecule has 2 rings (SSSR count). The average molecular weight is 274 g/mol. The Kier molecular flexibility index (Phi) is 3.98. The van der Waals surface area contributed by atoms with Crippen LogP contribution in [-0.2, 0) is 0 Å². The van der Waals surface area contributed by atoms with E-state index in [-0.39, 0.29) is 17.4 Å². The number of carboxylic acid groups (broad SMARTS) is 1. The van der Waals surface area contributed by atoms with Crippen LogP contribution in [0.4, 0.5) is 10.1 Å². The van der Waals surface area contributed by atoms with Gasteiger partial charge in [0.05, 0.1) is 23.5 Å². The van der Waals surface area contributed by atoms with Gasteiger partial charge < -0.3 is 10.4 Å². The molecule has 104 valence electrons. The number of rotatable bonds is 4. The van der Waals surface area contributed by atoms with Crippen molar-refractivity contribution in [2.75, 3.05) is 5.32 Å². The van der Waals surface area contributed by atoms with Gasteiger partial charge in [-0.1, -0.05) is 6.07 Å². The van der Waals surface area contributed by atoms with E-state index in [4.69, 9.17) is 5.11 Å². The highest BCUT2D eigenvalue weighted by Gasteiger charge is 2.11. The second kappa shape index (κ2) is 5.69. The molecule has 0 radical (unpaired) electrons. The maximum Gasteiger partial charge on any atom is 0.335 e. The lowest BCUT2D eigenvalue weighted by Gasteiger charge is -2.17. The minimum Gasteiger partial charge on any atom is -0.478 e. The molecule has 4 nitrogen and oxygen atoms in total. The van der Waals surface area contributed by atoms with Gasteiger partial charge in [0.25, 0.3) is 0 Å². The third kappa shape index (κ3) is 3.12. The van der Waals surface area contributed by atoms with E-state index < -0.39 is 5.97 Å². The summed E-state index contributed by atoms with van der Waals surface area (Å²) in [5.74, 6) is -1.36. The summed E-state index contributed by atoms with van der Waals surface area (Å²) in [6, 6.07) is 7.68. The maximum atomic E-state index is 12.8. The van der Waals surface area contributed by atoms with Crippen molar-refractivity contribution < 1.29 is 14.3 Å². The van der Waals surface area contributed by atoms with Gasteiger partial charge in [-0.05, 0) is 43.7 Å². The first kappa shape index (κ1) is 14.0. The number of halogens is 1. The summed E-state index contributed by atoms with van der Waals surface area (Å²) in [5.41, 5.74) is 2.57. The number of benzene rings is 1. The fourth-order valence-electron chi connectivity index (χ4n) is 1.86. The molecule has 2 aromatic rings. The molecule has 0 amide bonds. The predicted molar refractivity (Wildman–Crippen MR) is 74.4 cm³/mol.